The third-order valence-corrected chi connectivity index (χ3v) is 1.92. The molecule has 0 saturated heterocycles. The van der Waals surface area contributed by atoms with Crippen LogP contribution in [0.1, 0.15) is 5.69 Å². The summed E-state index contributed by atoms with van der Waals surface area (Å²) in [4.78, 5) is 15.1. The number of H-pyrrole nitrogens is 2. The highest BCUT2D eigenvalue weighted by molar-refractivity contribution is 6.33. The molecule has 4 nitrogen and oxygen atoms in total. The molecule has 5 heteroatoms. The maximum atomic E-state index is 11.1. The fraction of sp³-hybridized carbons (Fsp3) is 0.143. The predicted molar refractivity (Wildman–Crippen MR) is 46.5 cm³/mol. The number of nitrogens with one attached hydrogen (secondary N) is 2. The van der Waals surface area contributed by atoms with Gasteiger partial charge in [-0.1, -0.05) is 11.6 Å². The third-order valence-electron chi connectivity index (χ3n) is 1.65. The molecule has 2 aromatic rings. The molecule has 0 amide bonds. The van der Waals surface area contributed by atoms with Crippen LogP contribution in [0.4, 0.5) is 0 Å². The van der Waals surface area contributed by atoms with Gasteiger partial charge in [-0.25, -0.2) is 4.98 Å². The van der Waals surface area contributed by atoms with Gasteiger partial charge in [-0.2, -0.15) is 0 Å². The van der Waals surface area contributed by atoms with Gasteiger partial charge in [-0.3, -0.25) is 15.0 Å². The Balaban J connectivity index is 3.02. The number of aromatic amines is 2. The molecule has 0 aliphatic heterocycles. The first kappa shape index (κ1) is 7.36. The zero-order valence-corrected chi connectivity index (χ0v) is 7.07. The van der Waals surface area contributed by atoms with Gasteiger partial charge in [0.05, 0.1) is 5.39 Å². The van der Waals surface area contributed by atoms with Crippen molar-refractivity contribution >= 4 is 22.5 Å². The van der Waals surface area contributed by atoms with Gasteiger partial charge < -0.3 is 0 Å². The number of pyridine rings is 1. The van der Waals surface area contributed by atoms with E-state index in [0.717, 1.165) is 5.69 Å². The molecule has 0 radical (unpaired) electrons. The van der Waals surface area contributed by atoms with E-state index in [1.807, 2.05) is 0 Å². The van der Waals surface area contributed by atoms with Crippen molar-refractivity contribution in [3.8, 4) is 0 Å². The maximum absolute atomic E-state index is 11.1. The van der Waals surface area contributed by atoms with Gasteiger partial charge in [0.2, 0.25) is 0 Å². The molecule has 0 bridgehead atoms. The van der Waals surface area contributed by atoms with Gasteiger partial charge in [0.15, 0.2) is 5.15 Å². The number of hydrogen-bond acceptors (Lipinski definition) is 2. The summed E-state index contributed by atoms with van der Waals surface area (Å²) in [6, 6.07) is 1.69. The molecule has 2 aromatic heterocycles. The second kappa shape index (κ2) is 2.35. The van der Waals surface area contributed by atoms with Crippen molar-refractivity contribution in [2.24, 2.45) is 0 Å². The van der Waals surface area contributed by atoms with E-state index in [0.29, 0.717) is 16.1 Å². The lowest BCUT2D eigenvalue weighted by molar-refractivity contribution is 1.08. The van der Waals surface area contributed by atoms with Crippen LogP contribution in [0.15, 0.2) is 10.9 Å². The van der Waals surface area contributed by atoms with Gasteiger partial charge in [-0.15, -0.1) is 0 Å². The first-order valence-electron chi connectivity index (χ1n) is 3.42. The molecule has 0 aliphatic rings. The van der Waals surface area contributed by atoms with Gasteiger partial charge in [-0.05, 0) is 13.0 Å². The van der Waals surface area contributed by atoms with Crippen molar-refractivity contribution in [3.63, 3.8) is 0 Å². The van der Waals surface area contributed by atoms with Crippen LogP contribution < -0.4 is 5.56 Å². The molecule has 12 heavy (non-hydrogen) atoms. The lowest BCUT2D eigenvalue weighted by Gasteiger charge is -1.93. The second-order valence-electron chi connectivity index (χ2n) is 2.56. The molecule has 2 heterocycles. The Morgan fingerprint density at radius 2 is 2.25 bits per heavy atom. The molecular formula is C7H6ClN3O. The van der Waals surface area contributed by atoms with Gasteiger partial charge in [0.1, 0.15) is 5.52 Å². The zero-order chi connectivity index (χ0) is 8.72. The van der Waals surface area contributed by atoms with Gasteiger partial charge in [0, 0.05) is 5.69 Å². The molecule has 0 spiro atoms. The Bertz CT molecular complexity index is 485. The Kier molecular flexibility index (Phi) is 1.44. The fourth-order valence-corrected chi connectivity index (χ4v) is 1.40. The van der Waals surface area contributed by atoms with E-state index in [1.54, 1.807) is 13.0 Å². The molecule has 2 N–H and O–H groups in total. The standard InChI is InChI=1S/C7H6ClN3O/c1-3-2-4-5(6(8)9-3)10-11-7(4)12/h2H,1H3,(H2,10,11,12). The molecule has 62 valence electrons. The minimum Gasteiger partial charge on any atom is -0.294 e. The van der Waals surface area contributed by atoms with Gasteiger partial charge in [0.25, 0.3) is 5.56 Å². The van der Waals surface area contributed by atoms with Crippen molar-refractivity contribution in [2.75, 3.05) is 0 Å². The number of halogens is 1. The van der Waals surface area contributed by atoms with E-state index in [4.69, 9.17) is 11.6 Å². The summed E-state index contributed by atoms with van der Waals surface area (Å²) in [5.41, 5.74) is 1.13. The van der Waals surface area contributed by atoms with Crippen LogP contribution in [0, 0.1) is 6.92 Å². The van der Waals surface area contributed by atoms with Crippen molar-refractivity contribution < 1.29 is 0 Å². The predicted octanol–water partition coefficient (Wildman–Crippen LogP) is 1.21. The molecule has 0 aliphatic carbocycles. The summed E-state index contributed by atoms with van der Waals surface area (Å²) < 4.78 is 0. The normalized spacial score (nSPS) is 10.8. The summed E-state index contributed by atoms with van der Waals surface area (Å²) in [5, 5.41) is 5.96. The van der Waals surface area contributed by atoms with E-state index in [-0.39, 0.29) is 5.56 Å². The molecule has 0 fully saturated rings. The summed E-state index contributed by atoms with van der Waals surface area (Å²) in [6.45, 7) is 1.79. The van der Waals surface area contributed by atoms with Gasteiger partial charge >= 0.3 is 0 Å². The van der Waals surface area contributed by atoms with Crippen molar-refractivity contribution in [1.29, 1.82) is 0 Å². The zero-order valence-electron chi connectivity index (χ0n) is 6.31. The molecule has 0 saturated carbocycles. The van der Waals surface area contributed by atoms with Crippen LogP contribution in [0.3, 0.4) is 0 Å². The monoisotopic (exact) mass is 183 g/mol. The minimum atomic E-state index is -0.169. The molecule has 0 atom stereocenters. The Morgan fingerprint density at radius 3 is 3.00 bits per heavy atom. The van der Waals surface area contributed by atoms with E-state index >= 15 is 0 Å². The average Bonchev–Trinajstić information content (AvgIpc) is 2.33. The number of aryl methyl sites for hydroxylation is 1. The average molecular weight is 184 g/mol. The lowest BCUT2D eigenvalue weighted by atomic mass is 10.3. The Labute approximate surface area is 72.6 Å². The third kappa shape index (κ3) is 0.921. The Hall–Kier alpha value is -1.29. The van der Waals surface area contributed by atoms with Crippen LogP contribution >= 0.6 is 11.6 Å². The van der Waals surface area contributed by atoms with Crippen LogP contribution in [-0.4, -0.2) is 15.2 Å². The maximum Gasteiger partial charge on any atom is 0.271 e. The van der Waals surface area contributed by atoms with E-state index in [1.165, 1.54) is 0 Å². The summed E-state index contributed by atoms with van der Waals surface area (Å²) in [7, 11) is 0. The van der Waals surface area contributed by atoms with Crippen LogP contribution in [0.5, 0.6) is 0 Å². The number of hydrogen-bond donors (Lipinski definition) is 2. The summed E-state index contributed by atoms with van der Waals surface area (Å²) in [5.74, 6) is 0. The highest BCUT2D eigenvalue weighted by Gasteiger charge is 2.05. The molecule has 0 aromatic carbocycles. The van der Waals surface area contributed by atoms with Crippen LogP contribution in [0.2, 0.25) is 5.15 Å². The topological polar surface area (TPSA) is 61.5 Å². The minimum absolute atomic E-state index is 0.169. The van der Waals surface area contributed by atoms with E-state index in [9.17, 15) is 4.79 Å². The first-order chi connectivity index (χ1) is 5.68. The van der Waals surface area contributed by atoms with E-state index < -0.39 is 0 Å². The van der Waals surface area contributed by atoms with Crippen LogP contribution in [0.25, 0.3) is 10.9 Å². The molecule has 2 rings (SSSR count). The van der Waals surface area contributed by atoms with Crippen molar-refractivity contribution in [3.05, 3.63) is 27.3 Å². The van der Waals surface area contributed by atoms with Crippen LogP contribution in [-0.2, 0) is 0 Å². The lowest BCUT2D eigenvalue weighted by Crippen LogP contribution is -1.97. The largest absolute Gasteiger partial charge is 0.294 e. The second-order valence-corrected chi connectivity index (χ2v) is 2.91. The fourth-order valence-electron chi connectivity index (χ4n) is 1.12. The highest BCUT2D eigenvalue weighted by Crippen LogP contribution is 2.16. The SMILES string of the molecule is Cc1cc2c(=O)[nH][nH]c2c(Cl)n1. The number of aromatic nitrogens is 3. The molecular weight excluding hydrogens is 178 g/mol. The number of rotatable bonds is 0. The van der Waals surface area contributed by atoms with Crippen molar-refractivity contribution in [2.45, 2.75) is 6.92 Å². The van der Waals surface area contributed by atoms with Crippen molar-refractivity contribution in [1.82, 2.24) is 15.2 Å². The molecule has 0 unspecified atom stereocenters. The highest BCUT2D eigenvalue weighted by atomic mass is 35.5. The summed E-state index contributed by atoms with van der Waals surface area (Å²) >= 11 is 5.77. The smallest absolute Gasteiger partial charge is 0.271 e. The Morgan fingerprint density at radius 1 is 1.50 bits per heavy atom. The quantitative estimate of drug-likeness (QED) is 0.604. The summed E-state index contributed by atoms with van der Waals surface area (Å²) in [6.07, 6.45) is 0. The van der Waals surface area contributed by atoms with E-state index in [2.05, 4.69) is 15.2 Å². The number of fused-ring (bicyclic) bond motifs is 1. The number of nitrogens with zero attached hydrogens (tertiary/aromatic N) is 1. The first-order valence-corrected chi connectivity index (χ1v) is 3.80.